The summed E-state index contributed by atoms with van der Waals surface area (Å²) in [5.74, 6) is 1.23. The fraction of sp³-hybridized carbons (Fsp3) is 0.412. The van der Waals surface area contributed by atoms with Gasteiger partial charge in [0.25, 0.3) is 0 Å². The van der Waals surface area contributed by atoms with Gasteiger partial charge in [-0.1, -0.05) is 36.8 Å². The number of aliphatic imine (C=N–C) groups is 1. The Kier molecular flexibility index (Phi) is 8.08. The zero-order valence-corrected chi connectivity index (χ0v) is 16.5. The van der Waals surface area contributed by atoms with Crippen LogP contribution in [0.4, 0.5) is 0 Å². The first-order valence-corrected chi connectivity index (χ1v) is 7.58. The normalized spacial score (nSPS) is 12.4. The molecule has 0 aliphatic rings. The highest BCUT2D eigenvalue weighted by atomic mass is 127. The molecule has 0 radical (unpaired) electrons. The molecular formula is C17H26IN5. The van der Waals surface area contributed by atoms with E-state index in [-0.39, 0.29) is 24.0 Å². The van der Waals surface area contributed by atoms with Gasteiger partial charge >= 0.3 is 0 Å². The highest BCUT2D eigenvalue weighted by Crippen LogP contribution is 2.14. The van der Waals surface area contributed by atoms with Crippen molar-refractivity contribution in [3.8, 4) is 0 Å². The summed E-state index contributed by atoms with van der Waals surface area (Å²) in [5.41, 5.74) is 3.74. The Morgan fingerprint density at radius 3 is 2.48 bits per heavy atom. The quantitative estimate of drug-likeness (QED) is 0.439. The number of hydrogen-bond donors (Lipinski definition) is 2. The molecule has 6 heteroatoms. The van der Waals surface area contributed by atoms with Crippen molar-refractivity contribution in [3.05, 3.63) is 53.3 Å². The molecule has 23 heavy (non-hydrogen) atoms. The Bertz CT molecular complexity index is 618. The lowest BCUT2D eigenvalue weighted by Crippen LogP contribution is -2.38. The van der Waals surface area contributed by atoms with Crippen LogP contribution >= 0.6 is 24.0 Å². The van der Waals surface area contributed by atoms with Crippen LogP contribution in [0.3, 0.4) is 0 Å². The van der Waals surface area contributed by atoms with E-state index in [1.54, 1.807) is 13.2 Å². The third kappa shape index (κ3) is 5.85. The number of nitrogens with zero attached hydrogens (tertiary/aromatic N) is 3. The molecule has 2 aromatic rings. The van der Waals surface area contributed by atoms with Gasteiger partial charge in [0, 0.05) is 26.8 Å². The molecular weight excluding hydrogens is 401 g/mol. The summed E-state index contributed by atoms with van der Waals surface area (Å²) >= 11 is 0. The van der Waals surface area contributed by atoms with E-state index in [0.29, 0.717) is 12.5 Å². The molecule has 0 saturated heterocycles. The second-order valence-corrected chi connectivity index (χ2v) is 5.56. The van der Waals surface area contributed by atoms with Crippen molar-refractivity contribution in [2.75, 3.05) is 13.6 Å². The summed E-state index contributed by atoms with van der Waals surface area (Å²) in [7, 11) is 3.72. The van der Waals surface area contributed by atoms with Crippen molar-refractivity contribution in [3.63, 3.8) is 0 Å². The molecule has 1 atom stereocenters. The number of aromatic nitrogens is 2. The van der Waals surface area contributed by atoms with E-state index in [9.17, 15) is 0 Å². The van der Waals surface area contributed by atoms with Crippen LogP contribution in [0.5, 0.6) is 0 Å². The number of nitrogens with one attached hydrogen (secondary N) is 2. The maximum atomic E-state index is 4.26. The molecule has 126 valence electrons. The highest BCUT2D eigenvalue weighted by molar-refractivity contribution is 14.0. The summed E-state index contributed by atoms with van der Waals surface area (Å²) < 4.78 is 1.86. The van der Waals surface area contributed by atoms with E-state index in [1.807, 2.05) is 17.8 Å². The topological polar surface area (TPSA) is 54.2 Å². The summed E-state index contributed by atoms with van der Waals surface area (Å²) in [5, 5.41) is 10.8. The molecule has 5 nitrogen and oxygen atoms in total. The largest absolute Gasteiger partial charge is 0.356 e. The van der Waals surface area contributed by atoms with E-state index in [4.69, 9.17) is 0 Å². The van der Waals surface area contributed by atoms with Crippen LogP contribution in [0.15, 0.2) is 41.5 Å². The molecule has 1 aromatic heterocycles. The molecule has 0 fully saturated rings. The van der Waals surface area contributed by atoms with Gasteiger partial charge in [-0.05, 0) is 24.5 Å². The molecule has 0 amide bonds. The maximum absolute atomic E-state index is 4.26. The Balaban J connectivity index is 0.00000264. The number of halogens is 1. The Labute approximate surface area is 155 Å². The van der Waals surface area contributed by atoms with E-state index in [1.165, 1.54) is 11.1 Å². The van der Waals surface area contributed by atoms with Crippen LogP contribution in [-0.2, 0) is 13.6 Å². The van der Waals surface area contributed by atoms with Crippen molar-refractivity contribution >= 4 is 29.9 Å². The van der Waals surface area contributed by atoms with Gasteiger partial charge in [-0.2, -0.15) is 5.10 Å². The van der Waals surface area contributed by atoms with Crippen molar-refractivity contribution in [1.82, 2.24) is 20.4 Å². The van der Waals surface area contributed by atoms with Crippen LogP contribution < -0.4 is 10.6 Å². The second-order valence-electron chi connectivity index (χ2n) is 5.56. The second kappa shape index (κ2) is 9.54. The van der Waals surface area contributed by atoms with Gasteiger partial charge in [0.2, 0.25) is 0 Å². The van der Waals surface area contributed by atoms with Crippen LogP contribution in [0.1, 0.15) is 29.7 Å². The van der Waals surface area contributed by atoms with E-state index >= 15 is 0 Å². The highest BCUT2D eigenvalue weighted by Gasteiger charge is 2.07. The lowest BCUT2D eigenvalue weighted by molar-refractivity contribution is 0.669. The van der Waals surface area contributed by atoms with Crippen LogP contribution in [0.25, 0.3) is 0 Å². The van der Waals surface area contributed by atoms with Crippen LogP contribution in [-0.4, -0.2) is 29.3 Å². The number of guanidine groups is 1. The molecule has 1 unspecified atom stereocenters. The van der Waals surface area contributed by atoms with E-state index in [2.05, 4.69) is 58.8 Å². The Morgan fingerprint density at radius 2 is 1.91 bits per heavy atom. The lowest BCUT2D eigenvalue weighted by atomic mass is 10.0. The van der Waals surface area contributed by atoms with Gasteiger partial charge in [0.05, 0.1) is 12.2 Å². The Hall–Kier alpha value is -1.57. The molecule has 0 aliphatic heterocycles. The number of aryl methyl sites for hydroxylation is 2. The molecule has 0 aliphatic carbocycles. The molecule has 1 heterocycles. The van der Waals surface area contributed by atoms with Gasteiger partial charge in [0.1, 0.15) is 0 Å². The zero-order chi connectivity index (χ0) is 15.9. The molecule has 1 aromatic carbocycles. The first kappa shape index (κ1) is 19.5. The monoisotopic (exact) mass is 427 g/mol. The van der Waals surface area contributed by atoms with Gasteiger partial charge in [-0.25, -0.2) is 0 Å². The minimum absolute atomic E-state index is 0. The van der Waals surface area contributed by atoms with Crippen molar-refractivity contribution in [1.29, 1.82) is 0 Å². The van der Waals surface area contributed by atoms with Gasteiger partial charge in [-0.3, -0.25) is 9.67 Å². The van der Waals surface area contributed by atoms with Crippen LogP contribution in [0, 0.1) is 6.92 Å². The van der Waals surface area contributed by atoms with Crippen molar-refractivity contribution in [2.45, 2.75) is 26.3 Å². The SMILES string of the molecule is CN=C(NCc1ccnn1C)NCC(C)c1ccc(C)cc1.I. The van der Waals surface area contributed by atoms with Crippen molar-refractivity contribution in [2.24, 2.45) is 12.0 Å². The number of benzene rings is 1. The average Bonchev–Trinajstić information content (AvgIpc) is 2.93. The summed E-state index contributed by atoms with van der Waals surface area (Å²) in [6, 6.07) is 10.7. The first-order chi connectivity index (χ1) is 10.6. The van der Waals surface area contributed by atoms with E-state index < -0.39 is 0 Å². The fourth-order valence-electron chi connectivity index (χ4n) is 2.23. The molecule has 0 spiro atoms. The smallest absolute Gasteiger partial charge is 0.191 e. The Morgan fingerprint density at radius 1 is 1.22 bits per heavy atom. The fourth-order valence-corrected chi connectivity index (χ4v) is 2.23. The maximum Gasteiger partial charge on any atom is 0.191 e. The summed E-state index contributed by atoms with van der Waals surface area (Å²) in [4.78, 5) is 4.26. The van der Waals surface area contributed by atoms with Gasteiger partial charge < -0.3 is 10.6 Å². The predicted molar refractivity (Wildman–Crippen MR) is 106 cm³/mol. The molecule has 2 N–H and O–H groups in total. The van der Waals surface area contributed by atoms with E-state index in [0.717, 1.165) is 18.2 Å². The third-order valence-corrected chi connectivity index (χ3v) is 3.81. The molecule has 0 saturated carbocycles. The minimum Gasteiger partial charge on any atom is -0.356 e. The minimum atomic E-state index is 0. The predicted octanol–water partition coefficient (Wildman–Crippen LogP) is 2.82. The van der Waals surface area contributed by atoms with Crippen molar-refractivity contribution < 1.29 is 0 Å². The first-order valence-electron chi connectivity index (χ1n) is 7.58. The molecule has 0 bridgehead atoms. The lowest BCUT2D eigenvalue weighted by Gasteiger charge is -2.16. The van der Waals surface area contributed by atoms with Crippen LogP contribution in [0.2, 0.25) is 0 Å². The molecule has 2 rings (SSSR count). The number of rotatable bonds is 5. The number of hydrogen-bond acceptors (Lipinski definition) is 2. The summed E-state index contributed by atoms with van der Waals surface area (Å²) in [6.07, 6.45) is 1.80. The standard InChI is InChI=1S/C17H25N5.HI/c1-13-5-7-15(8-6-13)14(2)11-19-17(18-3)20-12-16-9-10-21-22(16)4;/h5-10,14H,11-12H2,1-4H3,(H2,18,19,20);1H. The third-order valence-electron chi connectivity index (χ3n) is 3.81. The van der Waals surface area contributed by atoms with Gasteiger partial charge in [0.15, 0.2) is 5.96 Å². The average molecular weight is 427 g/mol. The summed E-state index contributed by atoms with van der Waals surface area (Å²) in [6.45, 7) is 5.87. The van der Waals surface area contributed by atoms with Gasteiger partial charge in [-0.15, -0.1) is 24.0 Å². The zero-order valence-electron chi connectivity index (χ0n) is 14.2.